The minimum absolute atomic E-state index is 0.116. The lowest BCUT2D eigenvalue weighted by atomic mass is 9.68. The molecule has 192 valence electrons. The first kappa shape index (κ1) is 25.9. The van der Waals surface area contributed by atoms with Crippen molar-refractivity contribution in [1.29, 1.82) is 0 Å². The summed E-state index contributed by atoms with van der Waals surface area (Å²) in [6, 6.07) is 21.9. The Labute approximate surface area is 214 Å². The van der Waals surface area contributed by atoms with E-state index in [2.05, 4.69) is 32.6 Å². The van der Waals surface area contributed by atoms with Gasteiger partial charge < -0.3 is 30.2 Å². The van der Waals surface area contributed by atoms with Crippen LogP contribution in [0.1, 0.15) is 39.2 Å². The second kappa shape index (κ2) is 10.8. The average molecular weight is 491 g/mol. The molecule has 1 aliphatic rings. The molecule has 0 aliphatic heterocycles. The second-order valence-electron chi connectivity index (χ2n) is 10.6. The van der Waals surface area contributed by atoms with Crippen LogP contribution in [0.25, 0.3) is 0 Å². The molecule has 4 N–H and O–H groups in total. The first-order valence-electron chi connectivity index (χ1n) is 12.7. The number of hydrogen-bond acceptors (Lipinski definition) is 6. The normalized spacial score (nSPS) is 21.4. The van der Waals surface area contributed by atoms with Crippen LogP contribution in [-0.2, 0) is 0 Å². The van der Waals surface area contributed by atoms with E-state index in [0.29, 0.717) is 11.8 Å². The van der Waals surface area contributed by atoms with Crippen LogP contribution >= 0.6 is 0 Å². The van der Waals surface area contributed by atoms with E-state index < -0.39 is 24.2 Å². The van der Waals surface area contributed by atoms with E-state index in [1.807, 2.05) is 65.6 Å². The van der Waals surface area contributed by atoms with Crippen molar-refractivity contribution in [3.05, 3.63) is 78.4 Å². The lowest BCUT2D eigenvalue weighted by Gasteiger charge is -2.52. The maximum atomic E-state index is 11.3. The van der Waals surface area contributed by atoms with Crippen molar-refractivity contribution in [3.8, 4) is 11.5 Å². The predicted molar refractivity (Wildman–Crippen MR) is 145 cm³/mol. The number of phenols is 2. The summed E-state index contributed by atoms with van der Waals surface area (Å²) < 4.78 is 0. The molecule has 0 heterocycles. The molecule has 0 bridgehead atoms. The highest BCUT2D eigenvalue weighted by molar-refractivity contribution is 5.67. The van der Waals surface area contributed by atoms with E-state index in [9.17, 15) is 20.4 Å². The Bertz CT molecular complexity index is 1050. The molecule has 36 heavy (non-hydrogen) atoms. The van der Waals surface area contributed by atoms with Gasteiger partial charge in [0.15, 0.2) is 0 Å². The zero-order valence-electron chi connectivity index (χ0n) is 21.5. The smallest absolute Gasteiger partial charge is 0.125 e. The molecule has 0 saturated heterocycles. The quantitative estimate of drug-likeness (QED) is 0.328. The molecule has 3 aromatic rings. The van der Waals surface area contributed by atoms with Gasteiger partial charge in [-0.25, -0.2) is 0 Å². The summed E-state index contributed by atoms with van der Waals surface area (Å²) in [5, 5.41) is 44.6. The number of aromatic hydroxyl groups is 2. The fourth-order valence-corrected chi connectivity index (χ4v) is 5.30. The summed E-state index contributed by atoms with van der Waals surface area (Å²) in [5.41, 5.74) is 2.59. The Morgan fingerprint density at radius 1 is 0.667 bits per heavy atom. The van der Waals surface area contributed by atoms with Gasteiger partial charge in [0.1, 0.15) is 11.5 Å². The lowest BCUT2D eigenvalue weighted by Crippen LogP contribution is -2.64. The fourth-order valence-electron chi connectivity index (χ4n) is 5.30. The van der Waals surface area contributed by atoms with Crippen molar-refractivity contribution in [2.24, 2.45) is 11.8 Å². The summed E-state index contributed by atoms with van der Waals surface area (Å²) in [6.45, 7) is 10.1. The van der Waals surface area contributed by atoms with Gasteiger partial charge in [-0.2, -0.15) is 0 Å². The molecule has 6 nitrogen and oxygen atoms in total. The number of anilines is 3. The fraction of sp³-hybridized carbons (Fsp3) is 0.400. The Hall–Kier alpha value is -3.22. The van der Waals surface area contributed by atoms with Crippen LogP contribution < -0.4 is 9.80 Å². The van der Waals surface area contributed by atoms with Gasteiger partial charge in [0.25, 0.3) is 0 Å². The number of aliphatic hydroxyl groups excluding tert-OH is 2. The number of nitrogens with zero attached hydrogens (tertiary/aromatic N) is 2. The number of aliphatic hydroxyl groups is 2. The lowest BCUT2D eigenvalue weighted by molar-refractivity contribution is -0.0750. The monoisotopic (exact) mass is 490 g/mol. The van der Waals surface area contributed by atoms with E-state index in [1.54, 1.807) is 12.1 Å². The molecule has 0 aromatic heterocycles. The molecular formula is C30H38N2O4. The second-order valence-corrected chi connectivity index (χ2v) is 10.6. The molecule has 4 rings (SSSR count). The third-order valence-electron chi connectivity index (χ3n) is 6.79. The van der Waals surface area contributed by atoms with Crippen molar-refractivity contribution in [3.63, 3.8) is 0 Å². The molecule has 1 saturated carbocycles. The number of benzene rings is 3. The average Bonchev–Trinajstić information content (AvgIpc) is 2.84. The minimum atomic E-state index is -1.01. The number of para-hydroxylation sites is 2. The van der Waals surface area contributed by atoms with Crippen LogP contribution in [0, 0.1) is 11.8 Å². The number of phenolic OH excluding ortho intramolecular Hbond substituents is 2. The first-order valence-corrected chi connectivity index (χ1v) is 12.7. The van der Waals surface area contributed by atoms with Crippen LogP contribution in [-0.4, -0.2) is 51.8 Å². The van der Waals surface area contributed by atoms with Gasteiger partial charge in [-0.15, -0.1) is 0 Å². The Morgan fingerprint density at radius 3 is 1.47 bits per heavy atom. The molecule has 3 aromatic carbocycles. The molecule has 2 atom stereocenters. The summed E-state index contributed by atoms with van der Waals surface area (Å²) in [4.78, 5) is 4.07. The van der Waals surface area contributed by atoms with Crippen molar-refractivity contribution in [2.45, 2.75) is 51.9 Å². The molecular weight excluding hydrogens is 452 g/mol. The van der Waals surface area contributed by atoms with Crippen LogP contribution in [0.5, 0.6) is 11.5 Å². The molecule has 0 amide bonds. The van der Waals surface area contributed by atoms with Crippen molar-refractivity contribution >= 4 is 17.1 Å². The Morgan fingerprint density at radius 2 is 1.08 bits per heavy atom. The van der Waals surface area contributed by atoms with Crippen LogP contribution in [0.15, 0.2) is 72.8 Å². The highest BCUT2D eigenvalue weighted by Crippen LogP contribution is 2.50. The summed E-state index contributed by atoms with van der Waals surface area (Å²) in [7, 11) is 0. The molecule has 1 aliphatic carbocycles. The van der Waals surface area contributed by atoms with Gasteiger partial charge in [0.05, 0.1) is 18.2 Å². The van der Waals surface area contributed by atoms with E-state index in [4.69, 9.17) is 0 Å². The Kier molecular flexibility index (Phi) is 7.76. The molecule has 0 spiro atoms. The van der Waals surface area contributed by atoms with E-state index in [1.165, 1.54) is 0 Å². The predicted octanol–water partition coefficient (Wildman–Crippen LogP) is 5.24. The summed E-state index contributed by atoms with van der Waals surface area (Å²) in [5.74, 6) is -0.232. The minimum Gasteiger partial charge on any atom is -0.507 e. The van der Waals surface area contributed by atoms with Crippen LogP contribution in [0.4, 0.5) is 17.1 Å². The summed E-state index contributed by atoms with van der Waals surface area (Å²) >= 11 is 0. The summed E-state index contributed by atoms with van der Waals surface area (Å²) in [6.07, 6.45) is -2.02. The molecule has 1 fully saturated rings. The maximum absolute atomic E-state index is 11.3. The molecule has 2 unspecified atom stereocenters. The van der Waals surface area contributed by atoms with Gasteiger partial charge in [-0.1, -0.05) is 64.1 Å². The SMILES string of the molecule is CC(C)CN(CC(C)C)c1cc(O)c(C2C(O)C(N(c3ccccc3)c3ccccc3)C2O)c(O)c1. The number of hydrogen-bond donors (Lipinski definition) is 4. The van der Waals surface area contributed by atoms with E-state index in [-0.39, 0.29) is 17.1 Å². The third kappa shape index (κ3) is 5.15. The zero-order chi connectivity index (χ0) is 26.0. The third-order valence-corrected chi connectivity index (χ3v) is 6.79. The first-order chi connectivity index (χ1) is 17.2. The zero-order valence-corrected chi connectivity index (χ0v) is 21.5. The maximum Gasteiger partial charge on any atom is 0.125 e. The van der Waals surface area contributed by atoms with E-state index in [0.717, 1.165) is 30.2 Å². The van der Waals surface area contributed by atoms with Crippen LogP contribution in [0.3, 0.4) is 0 Å². The van der Waals surface area contributed by atoms with Gasteiger partial charge in [-0.3, -0.25) is 0 Å². The number of rotatable bonds is 9. The van der Waals surface area contributed by atoms with Gasteiger partial charge >= 0.3 is 0 Å². The topological polar surface area (TPSA) is 87.4 Å². The van der Waals surface area contributed by atoms with Gasteiger partial charge in [0.2, 0.25) is 0 Å². The standard InChI is InChI=1S/C30H38N2O4/c1-19(2)17-31(18-20(3)4)23-15-24(33)26(25(34)16-23)27-29(35)28(30(27)36)32(21-11-7-5-8-12-21)22-13-9-6-10-14-22/h5-16,19-20,27-30,33-36H,17-18H2,1-4H3. The van der Waals surface area contributed by atoms with Crippen molar-refractivity contribution < 1.29 is 20.4 Å². The van der Waals surface area contributed by atoms with Crippen molar-refractivity contribution in [2.75, 3.05) is 22.9 Å². The Balaban J connectivity index is 1.65. The van der Waals surface area contributed by atoms with Gasteiger partial charge in [-0.05, 0) is 36.1 Å². The molecule has 0 radical (unpaired) electrons. The highest BCUT2D eigenvalue weighted by atomic mass is 16.3. The highest BCUT2D eigenvalue weighted by Gasteiger charge is 2.54. The van der Waals surface area contributed by atoms with Gasteiger partial charge in [0, 0.05) is 53.8 Å². The van der Waals surface area contributed by atoms with Crippen molar-refractivity contribution in [1.82, 2.24) is 0 Å². The van der Waals surface area contributed by atoms with E-state index >= 15 is 0 Å². The largest absolute Gasteiger partial charge is 0.507 e. The molecule has 6 heteroatoms. The van der Waals surface area contributed by atoms with Crippen LogP contribution in [0.2, 0.25) is 0 Å².